The van der Waals surface area contributed by atoms with Gasteiger partial charge < -0.3 is 14.2 Å². The van der Waals surface area contributed by atoms with Crippen LogP contribution in [0.5, 0.6) is 0 Å². The summed E-state index contributed by atoms with van der Waals surface area (Å²) in [4.78, 5) is 0. The minimum absolute atomic E-state index is 0.0997. The highest BCUT2D eigenvalue weighted by molar-refractivity contribution is 6.33. The molecule has 0 aromatic heterocycles. The molecule has 0 bridgehead atoms. The maximum atomic E-state index is 5.46. The summed E-state index contributed by atoms with van der Waals surface area (Å²) in [6.07, 6.45) is 1.08. The van der Waals surface area contributed by atoms with Gasteiger partial charge in [0.05, 0.1) is 19.8 Å². The van der Waals surface area contributed by atoms with Crippen molar-refractivity contribution >= 4 is 9.52 Å². The Hall–Kier alpha value is 0.0969. The molecule has 0 aromatic carbocycles. The molecule has 1 atom stereocenters. The van der Waals surface area contributed by atoms with Crippen LogP contribution in [0.1, 0.15) is 6.42 Å². The highest BCUT2D eigenvalue weighted by Crippen LogP contribution is 2.03. The Balaban J connectivity index is 1.91. The van der Waals surface area contributed by atoms with Crippen molar-refractivity contribution in [2.45, 2.75) is 25.3 Å². The normalized spacial score (nSPS) is 25.2. The highest BCUT2D eigenvalue weighted by Gasteiger charge is 2.13. The Morgan fingerprint density at radius 2 is 2.42 bits per heavy atom. The second-order valence-electron chi connectivity index (χ2n) is 2.95. The number of ether oxygens (including phenoxy) is 3. The lowest BCUT2D eigenvalue weighted by Gasteiger charge is -2.22. The monoisotopic (exact) mass is 190 g/mol. The van der Waals surface area contributed by atoms with Crippen LogP contribution in [-0.2, 0) is 14.2 Å². The van der Waals surface area contributed by atoms with Gasteiger partial charge in [0, 0.05) is 16.1 Å². The second kappa shape index (κ2) is 6.60. The third kappa shape index (κ3) is 4.20. The fraction of sp³-hybridized carbons (Fsp3) is 1.00. The Bertz CT molecular complexity index is 104. The average Bonchev–Trinajstić information content (AvgIpc) is 2.14. The van der Waals surface area contributed by atoms with Crippen LogP contribution in [-0.4, -0.2) is 42.2 Å². The van der Waals surface area contributed by atoms with Crippen molar-refractivity contribution in [3.63, 3.8) is 0 Å². The molecule has 1 rings (SSSR count). The Morgan fingerprint density at radius 1 is 1.50 bits per heavy atom. The molecule has 0 aliphatic carbocycles. The molecule has 1 aliphatic heterocycles. The number of rotatable bonds is 5. The average molecular weight is 190 g/mol. The SMILES string of the molecule is C[SiH2]CCCOC1COCCO1. The summed E-state index contributed by atoms with van der Waals surface area (Å²) in [6.45, 7) is 5.13. The Labute approximate surface area is 76.2 Å². The van der Waals surface area contributed by atoms with E-state index < -0.39 is 0 Å². The summed E-state index contributed by atoms with van der Waals surface area (Å²) in [6, 6.07) is 1.37. The number of hydrogen-bond donors (Lipinski definition) is 0. The Kier molecular flexibility index (Phi) is 5.59. The standard InChI is InChI=1S/C8H18O3Si/c1-12-6-2-3-10-8-7-9-4-5-11-8/h8H,2-7,12H2,1H3. The van der Waals surface area contributed by atoms with Crippen molar-refractivity contribution in [3.8, 4) is 0 Å². The van der Waals surface area contributed by atoms with Crippen molar-refractivity contribution in [2.75, 3.05) is 26.4 Å². The van der Waals surface area contributed by atoms with Gasteiger partial charge in [-0.25, -0.2) is 0 Å². The highest BCUT2D eigenvalue weighted by atomic mass is 28.2. The molecule has 0 amide bonds. The van der Waals surface area contributed by atoms with Gasteiger partial charge in [0.1, 0.15) is 0 Å². The first kappa shape index (κ1) is 10.2. The summed E-state index contributed by atoms with van der Waals surface area (Å²) in [5.74, 6) is 0. The smallest absolute Gasteiger partial charge is 0.180 e. The van der Waals surface area contributed by atoms with Crippen LogP contribution in [0.2, 0.25) is 12.6 Å². The first-order chi connectivity index (χ1) is 5.93. The quantitative estimate of drug-likeness (QED) is 0.464. The molecule has 0 aromatic rings. The van der Waals surface area contributed by atoms with Gasteiger partial charge in [-0.1, -0.05) is 12.6 Å². The molecule has 1 aliphatic rings. The molecule has 1 fully saturated rings. The zero-order valence-electron chi connectivity index (χ0n) is 7.75. The van der Waals surface area contributed by atoms with Crippen molar-refractivity contribution in [1.29, 1.82) is 0 Å². The van der Waals surface area contributed by atoms with Gasteiger partial charge in [-0.2, -0.15) is 0 Å². The maximum absolute atomic E-state index is 5.46. The fourth-order valence-electron chi connectivity index (χ4n) is 1.13. The molecule has 3 nitrogen and oxygen atoms in total. The molecule has 0 N–H and O–H groups in total. The van der Waals surface area contributed by atoms with Crippen LogP contribution < -0.4 is 0 Å². The minimum Gasteiger partial charge on any atom is -0.374 e. The largest absolute Gasteiger partial charge is 0.374 e. The summed E-state index contributed by atoms with van der Waals surface area (Å²) in [5, 5.41) is 0. The summed E-state index contributed by atoms with van der Waals surface area (Å²) in [7, 11) is 0.213. The lowest BCUT2D eigenvalue weighted by atomic mass is 10.5. The van der Waals surface area contributed by atoms with E-state index >= 15 is 0 Å². The Morgan fingerprint density at radius 3 is 3.08 bits per heavy atom. The van der Waals surface area contributed by atoms with E-state index in [4.69, 9.17) is 14.2 Å². The van der Waals surface area contributed by atoms with Crippen molar-refractivity contribution in [3.05, 3.63) is 0 Å². The summed E-state index contributed by atoms with van der Waals surface area (Å²) >= 11 is 0. The van der Waals surface area contributed by atoms with Crippen LogP contribution in [0, 0.1) is 0 Å². The lowest BCUT2D eigenvalue weighted by Crippen LogP contribution is -2.31. The van der Waals surface area contributed by atoms with E-state index in [-0.39, 0.29) is 15.8 Å². The third-order valence-electron chi connectivity index (χ3n) is 1.84. The van der Waals surface area contributed by atoms with Crippen molar-refractivity contribution < 1.29 is 14.2 Å². The van der Waals surface area contributed by atoms with Gasteiger partial charge in [0.25, 0.3) is 0 Å². The van der Waals surface area contributed by atoms with Gasteiger partial charge in [0.15, 0.2) is 6.29 Å². The molecular formula is C8H18O3Si. The molecule has 1 heterocycles. The zero-order valence-corrected chi connectivity index (χ0v) is 9.17. The molecule has 12 heavy (non-hydrogen) atoms. The molecule has 1 unspecified atom stereocenters. The van der Waals surface area contributed by atoms with E-state index in [1.807, 2.05) is 0 Å². The molecule has 1 saturated heterocycles. The van der Waals surface area contributed by atoms with Crippen LogP contribution in [0.25, 0.3) is 0 Å². The minimum atomic E-state index is -0.0997. The van der Waals surface area contributed by atoms with Gasteiger partial charge in [-0.05, 0) is 6.42 Å². The predicted molar refractivity (Wildman–Crippen MR) is 50.3 cm³/mol. The third-order valence-corrected chi connectivity index (χ3v) is 3.04. The van der Waals surface area contributed by atoms with E-state index in [1.54, 1.807) is 0 Å². The van der Waals surface area contributed by atoms with Gasteiger partial charge in [-0.3, -0.25) is 0 Å². The zero-order chi connectivity index (χ0) is 8.65. The van der Waals surface area contributed by atoms with Crippen molar-refractivity contribution in [1.82, 2.24) is 0 Å². The second-order valence-corrected chi connectivity index (χ2v) is 4.66. The van der Waals surface area contributed by atoms with E-state index in [9.17, 15) is 0 Å². The molecule has 4 heteroatoms. The molecule has 0 radical (unpaired) electrons. The van der Waals surface area contributed by atoms with Crippen molar-refractivity contribution in [2.24, 2.45) is 0 Å². The first-order valence-corrected chi connectivity index (χ1v) is 7.16. The van der Waals surface area contributed by atoms with E-state index in [0.29, 0.717) is 19.8 Å². The number of hydrogen-bond acceptors (Lipinski definition) is 3. The summed E-state index contributed by atoms with van der Waals surface area (Å²) in [5.41, 5.74) is 0. The van der Waals surface area contributed by atoms with Crippen LogP contribution in [0.15, 0.2) is 0 Å². The molecule has 72 valence electrons. The van der Waals surface area contributed by atoms with Crippen LogP contribution in [0.4, 0.5) is 0 Å². The van der Waals surface area contributed by atoms with Crippen LogP contribution in [0.3, 0.4) is 0 Å². The van der Waals surface area contributed by atoms with E-state index in [2.05, 4.69) is 6.55 Å². The van der Waals surface area contributed by atoms with Gasteiger partial charge in [-0.15, -0.1) is 0 Å². The van der Waals surface area contributed by atoms with Gasteiger partial charge in [0.2, 0.25) is 0 Å². The molecular weight excluding hydrogens is 172 g/mol. The predicted octanol–water partition coefficient (Wildman–Crippen LogP) is 0.401. The molecule has 0 spiro atoms. The van der Waals surface area contributed by atoms with Crippen LogP contribution >= 0.6 is 0 Å². The summed E-state index contributed by atoms with van der Waals surface area (Å²) < 4.78 is 16.0. The van der Waals surface area contributed by atoms with E-state index in [1.165, 1.54) is 12.5 Å². The molecule has 0 saturated carbocycles. The first-order valence-electron chi connectivity index (χ1n) is 4.74. The topological polar surface area (TPSA) is 27.7 Å². The van der Waals surface area contributed by atoms with Gasteiger partial charge >= 0.3 is 0 Å². The van der Waals surface area contributed by atoms with E-state index in [0.717, 1.165) is 6.61 Å². The maximum Gasteiger partial charge on any atom is 0.180 e. The lowest BCUT2D eigenvalue weighted by molar-refractivity contribution is -0.211. The fourth-order valence-corrected chi connectivity index (χ4v) is 1.83.